The number of rotatable bonds is 6. The molecule has 0 spiro atoms. The Morgan fingerprint density at radius 1 is 1.18 bits per heavy atom. The average molecular weight is 537 g/mol. The summed E-state index contributed by atoms with van der Waals surface area (Å²) in [6.45, 7) is 6.01. The number of morpholine rings is 1. The van der Waals surface area contributed by atoms with Gasteiger partial charge >= 0.3 is 0 Å². The first kappa shape index (κ1) is 25.7. The number of nitrogens with one attached hydrogen (secondary N) is 1. The van der Waals surface area contributed by atoms with Gasteiger partial charge in [-0.3, -0.25) is 15.0 Å². The molecule has 0 unspecified atom stereocenters. The second-order valence-electron chi connectivity index (χ2n) is 8.88. The minimum absolute atomic E-state index is 0.0611. The van der Waals surface area contributed by atoms with Gasteiger partial charge in [0.15, 0.2) is 5.84 Å². The van der Waals surface area contributed by atoms with E-state index < -0.39 is 5.91 Å². The molecular formula is C26H28N6O5S. The van der Waals surface area contributed by atoms with Gasteiger partial charge in [0.25, 0.3) is 5.91 Å². The smallest absolute Gasteiger partial charge is 0.283 e. The van der Waals surface area contributed by atoms with Gasteiger partial charge in [0.1, 0.15) is 16.5 Å². The number of hydrogen-bond donors (Lipinski definition) is 1. The first-order valence-electron chi connectivity index (χ1n) is 12.1. The van der Waals surface area contributed by atoms with Crippen molar-refractivity contribution in [1.29, 1.82) is 5.41 Å². The van der Waals surface area contributed by atoms with Crippen LogP contribution in [0.25, 0.3) is 11.8 Å². The van der Waals surface area contributed by atoms with Crippen LogP contribution in [0, 0.1) is 19.3 Å². The number of amides is 2. The molecular weight excluding hydrogens is 508 g/mol. The Labute approximate surface area is 224 Å². The van der Waals surface area contributed by atoms with Crippen molar-refractivity contribution in [2.75, 3.05) is 40.5 Å². The molecule has 2 amide bonds. The van der Waals surface area contributed by atoms with Gasteiger partial charge in [-0.05, 0) is 55.4 Å². The summed E-state index contributed by atoms with van der Waals surface area (Å²) in [5.41, 5.74) is 3.45. The van der Waals surface area contributed by atoms with E-state index in [1.54, 1.807) is 25.2 Å². The standard InChI is InChI=1S/C26H28N6O5S/c1-15-11-17(16(2)31(15)20-13-18(35-3)5-6-21(20)36-4)12-19-24(27)32-26(28-25(19)34)38-22(29-32)14-23(33)30-7-9-37-10-8-30/h5-6,11-13,27H,7-10,14H2,1-4H3. The number of aryl methyl sites for hydroxylation is 1. The summed E-state index contributed by atoms with van der Waals surface area (Å²) in [6, 6.07) is 7.49. The molecule has 0 radical (unpaired) electrons. The number of methoxy groups -OCH3 is 2. The highest BCUT2D eigenvalue weighted by atomic mass is 32.2. The van der Waals surface area contributed by atoms with Gasteiger partial charge in [0.2, 0.25) is 11.1 Å². The predicted octanol–water partition coefficient (Wildman–Crippen LogP) is 2.98. The molecule has 3 aliphatic heterocycles. The fraction of sp³-hybridized carbons (Fsp3) is 0.346. The maximum absolute atomic E-state index is 13.0. The highest BCUT2D eigenvalue weighted by Crippen LogP contribution is 2.34. The third kappa shape index (κ3) is 4.72. The molecule has 4 heterocycles. The topological polar surface area (TPSA) is 122 Å². The largest absolute Gasteiger partial charge is 0.497 e. The molecule has 198 valence electrons. The van der Waals surface area contributed by atoms with Crippen molar-refractivity contribution in [2.24, 2.45) is 10.1 Å². The summed E-state index contributed by atoms with van der Waals surface area (Å²) in [5.74, 6) is 0.698. The maximum atomic E-state index is 13.0. The molecule has 11 nitrogen and oxygen atoms in total. The van der Waals surface area contributed by atoms with Crippen LogP contribution in [0.2, 0.25) is 0 Å². The van der Waals surface area contributed by atoms with Crippen molar-refractivity contribution in [2.45, 2.75) is 20.3 Å². The molecule has 0 atom stereocenters. The maximum Gasteiger partial charge on any atom is 0.283 e. The second-order valence-corrected chi connectivity index (χ2v) is 9.92. The van der Waals surface area contributed by atoms with Crippen LogP contribution in [-0.2, 0) is 14.3 Å². The van der Waals surface area contributed by atoms with E-state index in [0.717, 1.165) is 34.4 Å². The van der Waals surface area contributed by atoms with Crippen LogP contribution in [0.15, 0.2) is 39.9 Å². The quantitative estimate of drug-likeness (QED) is 0.564. The Morgan fingerprint density at radius 3 is 2.66 bits per heavy atom. The molecule has 1 saturated heterocycles. The summed E-state index contributed by atoms with van der Waals surface area (Å²) >= 11 is 1.15. The number of hydrazone groups is 1. The zero-order chi connectivity index (χ0) is 27.0. The highest BCUT2D eigenvalue weighted by molar-refractivity contribution is 8.27. The van der Waals surface area contributed by atoms with Gasteiger partial charge in [0.05, 0.1) is 45.1 Å². The van der Waals surface area contributed by atoms with Crippen molar-refractivity contribution < 1.29 is 23.8 Å². The van der Waals surface area contributed by atoms with Crippen LogP contribution in [0.3, 0.4) is 0 Å². The lowest BCUT2D eigenvalue weighted by atomic mass is 10.1. The summed E-state index contributed by atoms with van der Waals surface area (Å²) in [5, 5.41) is 15.3. The molecule has 1 N–H and O–H groups in total. The molecule has 12 heteroatoms. The van der Waals surface area contributed by atoms with Crippen LogP contribution in [0.5, 0.6) is 11.5 Å². The summed E-state index contributed by atoms with van der Waals surface area (Å²) in [6.07, 6.45) is 1.75. The molecule has 0 aliphatic carbocycles. The molecule has 0 saturated carbocycles. The molecule has 0 bridgehead atoms. The number of hydrogen-bond acceptors (Lipinski definition) is 8. The van der Waals surface area contributed by atoms with Crippen LogP contribution in [-0.4, -0.2) is 82.9 Å². The Bertz CT molecular complexity index is 1420. The van der Waals surface area contributed by atoms with Crippen LogP contribution < -0.4 is 9.47 Å². The van der Waals surface area contributed by atoms with E-state index in [4.69, 9.17) is 19.6 Å². The fourth-order valence-electron chi connectivity index (χ4n) is 4.59. The van der Waals surface area contributed by atoms with Crippen molar-refractivity contribution in [3.8, 4) is 17.2 Å². The van der Waals surface area contributed by atoms with Crippen molar-refractivity contribution in [1.82, 2.24) is 14.5 Å². The SMILES string of the molecule is COc1ccc(OC)c(-n2c(C)cc(C=C3C(=N)N4N=C(CC(=O)N5CCOCC5)SC4=NC3=O)c2C)c1. The monoisotopic (exact) mass is 536 g/mol. The van der Waals surface area contributed by atoms with E-state index in [1.165, 1.54) is 5.01 Å². The van der Waals surface area contributed by atoms with E-state index in [9.17, 15) is 9.59 Å². The number of carbonyl (C=O) groups is 2. The first-order valence-corrected chi connectivity index (χ1v) is 12.9. The van der Waals surface area contributed by atoms with Crippen molar-refractivity contribution in [3.63, 3.8) is 0 Å². The minimum Gasteiger partial charge on any atom is -0.497 e. The van der Waals surface area contributed by atoms with Crippen molar-refractivity contribution >= 4 is 45.7 Å². The summed E-state index contributed by atoms with van der Waals surface area (Å²) in [7, 11) is 3.21. The molecule has 1 fully saturated rings. The molecule has 38 heavy (non-hydrogen) atoms. The van der Waals surface area contributed by atoms with Crippen molar-refractivity contribution in [3.05, 3.63) is 46.8 Å². The van der Waals surface area contributed by atoms with Gasteiger partial charge in [-0.15, -0.1) is 0 Å². The average Bonchev–Trinajstić information content (AvgIpc) is 3.45. The highest BCUT2D eigenvalue weighted by Gasteiger charge is 2.36. The van der Waals surface area contributed by atoms with E-state index in [2.05, 4.69) is 10.1 Å². The lowest BCUT2D eigenvalue weighted by Crippen LogP contribution is -2.41. The van der Waals surface area contributed by atoms with Gasteiger partial charge in [-0.2, -0.15) is 15.1 Å². The van der Waals surface area contributed by atoms with E-state index in [-0.39, 0.29) is 28.9 Å². The Hall–Kier alpha value is -3.90. The lowest BCUT2D eigenvalue weighted by Gasteiger charge is -2.26. The fourth-order valence-corrected chi connectivity index (χ4v) is 5.46. The lowest BCUT2D eigenvalue weighted by molar-refractivity contribution is -0.133. The molecule has 2 aromatic rings. The van der Waals surface area contributed by atoms with Crippen LogP contribution >= 0.6 is 11.8 Å². The number of ether oxygens (including phenoxy) is 3. The number of carbonyl (C=O) groups excluding carboxylic acids is 2. The zero-order valence-corrected chi connectivity index (χ0v) is 22.4. The number of aliphatic imine (C=N–C) groups is 1. The number of benzene rings is 1. The number of nitrogens with zero attached hydrogens (tertiary/aromatic N) is 5. The third-order valence-electron chi connectivity index (χ3n) is 6.56. The summed E-state index contributed by atoms with van der Waals surface area (Å²) < 4.78 is 18.3. The zero-order valence-electron chi connectivity index (χ0n) is 21.6. The Balaban J connectivity index is 1.42. The minimum atomic E-state index is -0.520. The first-order chi connectivity index (χ1) is 18.3. The molecule has 1 aromatic heterocycles. The second kappa shape index (κ2) is 10.5. The van der Waals surface area contributed by atoms with E-state index in [0.29, 0.717) is 42.8 Å². The van der Waals surface area contributed by atoms with Gasteiger partial charge in [-0.1, -0.05) is 0 Å². The molecule has 1 aromatic carbocycles. The summed E-state index contributed by atoms with van der Waals surface area (Å²) in [4.78, 5) is 31.5. The molecule has 3 aliphatic rings. The number of aromatic nitrogens is 1. The van der Waals surface area contributed by atoms with Gasteiger partial charge in [-0.25, -0.2) is 0 Å². The third-order valence-corrected chi connectivity index (χ3v) is 7.47. The number of thioether (sulfide) groups is 1. The van der Waals surface area contributed by atoms with Crippen LogP contribution in [0.4, 0.5) is 0 Å². The Kier molecular flexibility index (Phi) is 7.09. The van der Waals surface area contributed by atoms with Gasteiger partial charge in [0, 0.05) is 30.5 Å². The predicted molar refractivity (Wildman–Crippen MR) is 145 cm³/mol. The van der Waals surface area contributed by atoms with Gasteiger partial charge < -0.3 is 23.7 Å². The number of amidine groups is 2. The normalized spacial score (nSPS) is 18.5. The van der Waals surface area contributed by atoms with E-state index >= 15 is 0 Å². The Morgan fingerprint density at radius 2 is 1.95 bits per heavy atom. The number of fused-ring (bicyclic) bond motifs is 1. The molecule has 5 rings (SSSR count). The van der Waals surface area contributed by atoms with Crippen LogP contribution in [0.1, 0.15) is 23.4 Å². The van der Waals surface area contributed by atoms with E-state index in [1.807, 2.05) is 42.7 Å².